The predicted molar refractivity (Wildman–Crippen MR) is 83.8 cm³/mol. The SMILES string of the molecule is COc1cc(C(N)c2cncc(OC(C)C)c2)ccc1C. The van der Waals surface area contributed by atoms with Crippen LogP contribution in [-0.4, -0.2) is 18.2 Å². The highest BCUT2D eigenvalue weighted by molar-refractivity contribution is 5.41. The summed E-state index contributed by atoms with van der Waals surface area (Å²) in [6.07, 6.45) is 3.58. The van der Waals surface area contributed by atoms with Crippen LogP contribution in [-0.2, 0) is 0 Å². The Labute approximate surface area is 125 Å². The van der Waals surface area contributed by atoms with Crippen molar-refractivity contribution in [2.45, 2.75) is 32.9 Å². The minimum absolute atomic E-state index is 0.109. The second-order valence-electron chi connectivity index (χ2n) is 5.33. The number of hydrogen-bond acceptors (Lipinski definition) is 4. The molecular formula is C17H22N2O2. The average molecular weight is 286 g/mol. The summed E-state index contributed by atoms with van der Waals surface area (Å²) in [6, 6.07) is 7.66. The van der Waals surface area contributed by atoms with Crippen LogP contribution in [0.1, 0.15) is 36.6 Å². The molecule has 0 aliphatic heterocycles. The van der Waals surface area contributed by atoms with Crippen molar-refractivity contribution >= 4 is 0 Å². The summed E-state index contributed by atoms with van der Waals surface area (Å²) >= 11 is 0. The number of aryl methyl sites for hydroxylation is 1. The van der Waals surface area contributed by atoms with Crippen molar-refractivity contribution in [3.63, 3.8) is 0 Å². The van der Waals surface area contributed by atoms with Gasteiger partial charge in [0.15, 0.2) is 0 Å². The van der Waals surface area contributed by atoms with Gasteiger partial charge in [0.25, 0.3) is 0 Å². The Morgan fingerprint density at radius 3 is 2.52 bits per heavy atom. The van der Waals surface area contributed by atoms with E-state index in [1.54, 1.807) is 19.5 Å². The molecule has 112 valence electrons. The summed E-state index contributed by atoms with van der Waals surface area (Å²) < 4.78 is 11.0. The molecule has 1 atom stereocenters. The molecule has 0 aliphatic carbocycles. The fourth-order valence-corrected chi connectivity index (χ4v) is 2.16. The van der Waals surface area contributed by atoms with Crippen LogP contribution in [0.3, 0.4) is 0 Å². The first-order chi connectivity index (χ1) is 10.0. The van der Waals surface area contributed by atoms with Gasteiger partial charge in [0, 0.05) is 6.20 Å². The van der Waals surface area contributed by atoms with Crippen molar-refractivity contribution in [1.29, 1.82) is 0 Å². The summed E-state index contributed by atoms with van der Waals surface area (Å²) in [4.78, 5) is 4.21. The van der Waals surface area contributed by atoms with Crippen LogP contribution in [0.4, 0.5) is 0 Å². The first-order valence-corrected chi connectivity index (χ1v) is 7.03. The third-order valence-electron chi connectivity index (χ3n) is 3.26. The maximum Gasteiger partial charge on any atom is 0.138 e. The highest BCUT2D eigenvalue weighted by atomic mass is 16.5. The lowest BCUT2D eigenvalue weighted by atomic mass is 9.99. The Bertz CT molecular complexity index is 611. The minimum atomic E-state index is -0.261. The summed E-state index contributed by atoms with van der Waals surface area (Å²) in [5.74, 6) is 1.57. The molecule has 21 heavy (non-hydrogen) atoms. The van der Waals surface area contributed by atoms with Crippen molar-refractivity contribution < 1.29 is 9.47 Å². The first kappa shape index (κ1) is 15.3. The number of nitrogens with zero attached hydrogens (tertiary/aromatic N) is 1. The quantitative estimate of drug-likeness (QED) is 0.916. The molecule has 1 aromatic carbocycles. The van der Waals surface area contributed by atoms with Gasteiger partial charge in [-0.2, -0.15) is 0 Å². The molecule has 2 aromatic rings. The molecule has 0 spiro atoms. The second kappa shape index (κ2) is 6.59. The zero-order chi connectivity index (χ0) is 15.4. The van der Waals surface area contributed by atoms with E-state index in [-0.39, 0.29) is 12.1 Å². The van der Waals surface area contributed by atoms with E-state index in [1.165, 1.54) is 0 Å². The lowest BCUT2D eigenvalue weighted by Crippen LogP contribution is -2.13. The predicted octanol–water partition coefficient (Wildman–Crippen LogP) is 3.23. The van der Waals surface area contributed by atoms with Crippen molar-refractivity contribution in [3.05, 3.63) is 53.3 Å². The number of pyridine rings is 1. The smallest absolute Gasteiger partial charge is 0.138 e. The lowest BCUT2D eigenvalue weighted by Gasteiger charge is -2.16. The Hall–Kier alpha value is -2.07. The largest absolute Gasteiger partial charge is 0.496 e. The van der Waals surface area contributed by atoms with E-state index in [0.29, 0.717) is 0 Å². The number of ether oxygens (including phenoxy) is 2. The summed E-state index contributed by atoms with van der Waals surface area (Å²) in [5.41, 5.74) is 9.33. The van der Waals surface area contributed by atoms with E-state index in [2.05, 4.69) is 4.98 Å². The molecule has 1 unspecified atom stereocenters. The van der Waals surface area contributed by atoms with Gasteiger partial charge >= 0.3 is 0 Å². The molecule has 1 heterocycles. The lowest BCUT2D eigenvalue weighted by molar-refractivity contribution is 0.241. The van der Waals surface area contributed by atoms with Gasteiger partial charge in [-0.25, -0.2) is 0 Å². The van der Waals surface area contributed by atoms with Crippen LogP contribution >= 0.6 is 0 Å². The van der Waals surface area contributed by atoms with Crippen LogP contribution in [0.2, 0.25) is 0 Å². The van der Waals surface area contributed by atoms with E-state index in [0.717, 1.165) is 28.2 Å². The fraction of sp³-hybridized carbons (Fsp3) is 0.353. The van der Waals surface area contributed by atoms with Crippen LogP contribution in [0.15, 0.2) is 36.7 Å². The minimum Gasteiger partial charge on any atom is -0.496 e. The molecular weight excluding hydrogens is 264 g/mol. The zero-order valence-corrected chi connectivity index (χ0v) is 13.0. The van der Waals surface area contributed by atoms with Gasteiger partial charge in [0.1, 0.15) is 11.5 Å². The standard InChI is InChI=1S/C17H22N2O2/c1-11(2)21-15-7-14(9-19-10-15)17(18)13-6-5-12(3)16(8-13)20-4/h5-11,17H,18H2,1-4H3. The van der Waals surface area contributed by atoms with E-state index in [1.807, 2.05) is 45.0 Å². The summed E-state index contributed by atoms with van der Waals surface area (Å²) in [5, 5.41) is 0. The third kappa shape index (κ3) is 3.73. The summed E-state index contributed by atoms with van der Waals surface area (Å²) in [7, 11) is 1.66. The zero-order valence-electron chi connectivity index (χ0n) is 13.0. The molecule has 0 radical (unpaired) electrons. The Kier molecular flexibility index (Phi) is 4.81. The van der Waals surface area contributed by atoms with Crippen LogP contribution in [0.25, 0.3) is 0 Å². The van der Waals surface area contributed by atoms with Gasteiger partial charge in [0.2, 0.25) is 0 Å². The molecule has 0 saturated heterocycles. The molecule has 2 rings (SSSR count). The normalized spacial score (nSPS) is 12.3. The topological polar surface area (TPSA) is 57.4 Å². The molecule has 1 aromatic heterocycles. The number of methoxy groups -OCH3 is 1. The highest BCUT2D eigenvalue weighted by Gasteiger charge is 2.12. The monoisotopic (exact) mass is 286 g/mol. The molecule has 4 nitrogen and oxygen atoms in total. The van der Waals surface area contributed by atoms with E-state index in [4.69, 9.17) is 15.2 Å². The number of nitrogens with two attached hydrogens (primary N) is 1. The van der Waals surface area contributed by atoms with E-state index < -0.39 is 0 Å². The third-order valence-corrected chi connectivity index (χ3v) is 3.26. The van der Waals surface area contributed by atoms with Crippen molar-refractivity contribution in [2.24, 2.45) is 5.73 Å². The summed E-state index contributed by atoms with van der Waals surface area (Å²) in [6.45, 7) is 5.97. The van der Waals surface area contributed by atoms with Crippen LogP contribution in [0, 0.1) is 6.92 Å². The molecule has 0 amide bonds. The van der Waals surface area contributed by atoms with Gasteiger partial charge in [-0.05, 0) is 49.6 Å². The molecule has 2 N–H and O–H groups in total. The van der Waals surface area contributed by atoms with Crippen molar-refractivity contribution in [3.8, 4) is 11.5 Å². The molecule has 4 heteroatoms. The number of aromatic nitrogens is 1. The van der Waals surface area contributed by atoms with Gasteiger partial charge in [-0.3, -0.25) is 4.98 Å². The highest BCUT2D eigenvalue weighted by Crippen LogP contribution is 2.27. The number of benzene rings is 1. The van der Waals surface area contributed by atoms with Gasteiger partial charge in [-0.1, -0.05) is 12.1 Å². The molecule has 0 fully saturated rings. The molecule has 0 bridgehead atoms. The first-order valence-electron chi connectivity index (χ1n) is 7.03. The molecule has 0 aliphatic rings. The van der Waals surface area contributed by atoms with Crippen LogP contribution < -0.4 is 15.2 Å². The van der Waals surface area contributed by atoms with Crippen molar-refractivity contribution in [1.82, 2.24) is 4.98 Å². The van der Waals surface area contributed by atoms with E-state index >= 15 is 0 Å². The maximum absolute atomic E-state index is 6.34. The van der Waals surface area contributed by atoms with E-state index in [9.17, 15) is 0 Å². The van der Waals surface area contributed by atoms with Gasteiger partial charge < -0.3 is 15.2 Å². The Morgan fingerprint density at radius 2 is 1.86 bits per heavy atom. The Balaban J connectivity index is 2.29. The van der Waals surface area contributed by atoms with Gasteiger partial charge in [-0.15, -0.1) is 0 Å². The number of rotatable bonds is 5. The van der Waals surface area contributed by atoms with Crippen molar-refractivity contribution in [2.75, 3.05) is 7.11 Å². The second-order valence-corrected chi connectivity index (χ2v) is 5.33. The van der Waals surface area contributed by atoms with Crippen LogP contribution in [0.5, 0.6) is 11.5 Å². The maximum atomic E-state index is 6.34. The molecule has 0 saturated carbocycles. The average Bonchev–Trinajstić information content (AvgIpc) is 2.46. The number of hydrogen-bond donors (Lipinski definition) is 1. The Morgan fingerprint density at radius 1 is 1.10 bits per heavy atom. The van der Waals surface area contributed by atoms with Gasteiger partial charge in [0.05, 0.1) is 25.5 Å². The fourth-order valence-electron chi connectivity index (χ4n) is 2.16.